The molecule has 0 saturated carbocycles. The van der Waals surface area contributed by atoms with Crippen LogP contribution in [-0.4, -0.2) is 16.0 Å². The van der Waals surface area contributed by atoms with Crippen molar-refractivity contribution in [2.24, 2.45) is 0 Å². The van der Waals surface area contributed by atoms with Crippen LogP contribution in [0.4, 0.5) is 0 Å². The van der Waals surface area contributed by atoms with Crippen LogP contribution in [0.5, 0.6) is 0 Å². The first-order valence-electron chi connectivity index (χ1n) is 4.95. The second-order valence-electron chi connectivity index (χ2n) is 3.64. The molecule has 16 heavy (non-hydrogen) atoms. The average Bonchev–Trinajstić information content (AvgIpc) is 2.83. The summed E-state index contributed by atoms with van der Waals surface area (Å²) >= 11 is 8.96. The molecule has 2 rings (SSSR count). The van der Waals surface area contributed by atoms with E-state index in [2.05, 4.69) is 29.1 Å². The van der Waals surface area contributed by atoms with E-state index in [0.717, 1.165) is 16.6 Å². The number of rotatable bonds is 4. The number of halogens is 1. The molecule has 0 amide bonds. The van der Waals surface area contributed by atoms with Crippen LogP contribution in [0.1, 0.15) is 18.7 Å². The Morgan fingerprint density at radius 2 is 1.94 bits per heavy atom. The van der Waals surface area contributed by atoms with E-state index in [4.69, 9.17) is 11.6 Å². The van der Waals surface area contributed by atoms with E-state index in [1.807, 2.05) is 6.20 Å². The van der Waals surface area contributed by atoms with Crippen molar-refractivity contribution >= 4 is 34.3 Å². The van der Waals surface area contributed by atoms with Gasteiger partial charge in [-0.05, 0) is 0 Å². The number of aromatic nitrogens is 2. The monoisotopic (exact) mass is 273 g/mol. The number of nitrogens with one attached hydrogen (secondary N) is 1. The molecule has 0 radical (unpaired) electrons. The molecule has 6 heteroatoms. The van der Waals surface area contributed by atoms with Gasteiger partial charge in [0.15, 0.2) is 10.0 Å². The number of hydrogen-bond donors (Lipinski definition) is 1. The quantitative estimate of drug-likeness (QED) is 0.928. The maximum absolute atomic E-state index is 5.84. The first-order valence-corrected chi connectivity index (χ1v) is 6.96. The summed E-state index contributed by atoms with van der Waals surface area (Å²) in [6.07, 6.45) is 3.56. The van der Waals surface area contributed by atoms with Crippen LogP contribution < -0.4 is 5.32 Å². The highest BCUT2D eigenvalue weighted by atomic mass is 35.5. The fourth-order valence-corrected chi connectivity index (χ4v) is 2.95. The minimum atomic E-state index is 0.486. The van der Waals surface area contributed by atoms with Gasteiger partial charge >= 0.3 is 0 Å². The van der Waals surface area contributed by atoms with Crippen molar-refractivity contribution in [1.29, 1.82) is 0 Å². The number of thiazole rings is 2. The molecule has 0 fully saturated rings. The van der Waals surface area contributed by atoms with Gasteiger partial charge in [-0.2, -0.15) is 0 Å². The molecule has 2 heterocycles. The molecule has 86 valence electrons. The lowest BCUT2D eigenvalue weighted by molar-refractivity contribution is 0.593. The van der Waals surface area contributed by atoms with E-state index in [1.54, 1.807) is 17.5 Å². The summed E-state index contributed by atoms with van der Waals surface area (Å²) in [5.74, 6) is 0. The first kappa shape index (κ1) is 12.0. The van der Waals surface area contributed by atoms with Gasteiger partial charge in [0.2, 0.25) is 0 Å². The summed E-state index contributed by atoms with van der Waals surface area (Å²) in [6.45, 7) is 5.11. The van der Waals surface area contributed by atoms with Gasteiger partial charge in [-0.25, -0.2) is 9.97 Å². The van der Waals surface area contributed by atoms with Gasteiger partial charge in [0, 0.05) is 23.7 Å². The first-order chi connectivity index (χ1) is 7.65. The van der Waals surface area contributed by atoms with E-state index >= 15 is 0 Å². The Balaban J connectivity index is 2.07. The highest BCUT2D eigenvalue weighted by Crippen LogP contribution is 2.30. The van der Waals surface area contributed by atoms with E-state index in [-0.39, 0.29) is 0 Å². The van der Waals surface area contributed by atoms with Gasteiger partial charge in [0.1, 0.15) is 4.34 Å². The fraction of sp³-hybridized carbons (Fsp3) is 0.400. The van der Waals surface area contributed by atoms with Crippen LogP contribution in [0.25, 0.3) is 10.0 Å². The van der Waals surface area contributed by atoms with Crippen LogP contribution in [-0.2, 0) is 6.54 Å². The lowest BCUT2D eigenvalue weighted by Gasteiger charge is -2.04. The Morgan fingerprint density at radius 1 is 1.25 bits per heavy atom. The van der Waals surface area contributed by atoms with Gasteiger partial charge in [-0.15, -0.1) is 11.3 Å². The summed E-state index contributed by atoms with van der Waals surface area (Å²) in [5.41, 5.74) is 0. The van der Waals surface area contributed by atoms with Crippen molar-refractivity contribution in [3.63, 3.8) is 0 Å². The Hall–Kier alpha value is -0.490. The molecule has 0 aliphatic rings. The molecule has 0 aliphatic carbocycles. The van der Waals surface area contributed by atoms with Crippen molar-refractivity contribution < 1.29 is 0 Å². The predicted molar refractivity (Wildman–Crippen MR) is 70.2 cm³/mol. The Kier molecular flexibility index (Phi) is 3.91. The van der Waals surface area contributed by atoms with Crippen LogP contribution in [0, 0.1) is 0 Å². The maximum Gasteiger partial charge on any atom is 0.153 e. The molecule has 0 atom stereocenters. The van der Waals surface area contributed by atoms with E-state index in [9.17, 15) is 0 Å². The average molecular weight is 274 g/mol. The van der Waals surface area contributed by atoms with Crippen molar-refractivity contribution in [3.05, 3.63) is 21.6 Å². The molecule has 2 aromatic heterocycles. The van der Waals surface area contributed by atoms with Crippen LogP contribution in [0.2, 0.25) is 4.34 Å². The molecule has 3 nitrogen and oxygen atoms in total. The topological polar surface area (TPSA) is 37.8 Å². The second-order valence-corrected chi connectivity index (χ2v) is 6.41. The Labute approximate surface area is 108 Å². The molecule has 1 N–H and O–H groups in total. The minimum absolute atomic E-state index is 0.486. The lowest BCUT2D eigenvalue weighted by Crippen LogP contribution is -2.21. The molecule has 0 unspecified atom stereocenters. The van der Waals surface area contributed by atoms with Crippen molar-refractivity contribution in [3.8, 4) is 10.0 Å². The molecular formula is C10H12ClN3S2. The summed E-state index contributed by atoms with van der Waals surface area (Å²) in [6, 6.07) is 0.486. The SMILES string of the molecule is CC(C)NCc1cnc(-c2ncc(Cl)s2)s1. The highest BCUT2D eigenvalue weighted by Gasteiger charge is 2.08. The van der Waals surface area contributed by atoms with Crippen LogP contribution in [0.3, 0.4) is 0 Å². The minimum Gasteiger partial charge on any atom is -0.310 e. The van der Waals surface area contributed by atoms with E-state index < -0.39 is 0 Å². The molecule has 2 aromatic rings. The maximum atomic E-state index is 5.84. The van der Waals surface area contributed by atoms with Gasteiger partial charge in [0.05, 0.1) is 6.20 Å². The normalized spacial score (nSPS) is 11.2. The lowest BCUT2D eigenvalue weighted by atomic mass is 10.4. The Bertz CT molecular complexity index is 464. The third kappa shape index (κ3) is 3.01. The highest BCUT2D eigenvalue weighted by molar-refractivity contribution is 7.23. The van der Waals surface area contributed by atoms with E-state index in [0.29, 0.717) is 10.4 Å². The Morgan fingerprint density at radius 3 is 2.56 bits per heavy atom. The van der Waals surface area contributed by atoms with Gasteiger partial charge < -0.3 is 5.32 Å². The van der Waals surface area contributed by atoms with Crippen LogP contribution >= 0.6 is 34.3 Å². The molecule has 0 bridgehead atoms. The zero-order chi connectivity index (χ0) is 11.5. The molecular weight excluding hydrogens is 262 g/mol. The van der Waals surface area contributed by atoms with Crippen LogP contribution in [0.15, 0.2) is 12.4 Å². The van der Waals surface area contributed by atoms with Gasteiger partial charge in [0.25, 0.3) is 0 Å². The third-order valence-electron chi connectivity index (χ3n) is 1.90. The zero-order valence-electron chi connectivity index (χ0n) is 9.03. The number of hydrogen-bond acceptors (Lipinski definition) is 5. The largest absolute Gasteiger partial charge is 0.310 e. The summed E-state index contributed by atoms with van der Waals surface area (Å²) in [4.78, 5) is 9.77. The van der Waals surface area contributed by atoms with Crippen molar-refractivity contribution in [2.75, 3.05) is 0 Å². The molecule has 0 aromatic carbocycles. The second kappa shape index (κ2) is 5.23. The molecule has 0 saturated heterocycles. The fourth-order valence-electron chi connectivity index (χ4n) is 1.15. The molecule has 0 aliphatic heterocycles. The van der Waals surface area contributed by atoms with Gasteiger partial charge in [-0.1, -0.05) is 36.8 Å². The van der Waals surface area contributed by atoms with Gasteiger partial charge in [-0.3, -0.25) is 0 Å². The summed E-state index contributed by atoms with van der Waals surface area (Å²) in [5, 5.41) is 5.20. The van der Waals surface area contributed by atoms with E-state index in [1.165, 1.54) is 16.2 Å². The standard InChI is InChI=1S/C10H12ClN3S2/c1-6(2)12-3-7-4-13-9(15-7)10-14-5-8(11)16-10/h4-6,12H,3H2,1-2H3. The summed E-state index contributed by atoms with van der Waals surface area (Å²) < 4.78 is 0.701. The van der Waals surface area contributed by atoms with Crippen molar-refractivity contribution in [1.82, 2.24) is 15.3 Å². The third-order valence-corrected chi connectivity index (χ3v) is 4.15. The molecule has 0 spiro atoms. The predicted octanol–water partition coefficient (Wildman–Crippen LogP) is 3.42. The zero-order valence-corrected chi connectivity index (χ0v) is 11.4. The van der Waals surface area contributed by atoms with Crippen molar-refractivity contribution in [2.45, 2.75) is 26.4 Å². The summed E-state index contributed by atoms with van der Waals surface area (Å²) in [7, 11) is 0. The smallest absolute Gasteiger partial charge is 0.153 e. The number of nitrogens with zero attached hydrogens (tertiary/aromatic N) is 2.